The zero-order valence-corrected chi connectivity index (χ0v) is 56.0. The van der Waals surface area contributed by atoms with Gasteiger partial charge in [0.25, 0.3) is 17.7 Å². The van der Waals surface area contributed by atoms with Crippen molar-refractivity contribution in [2.75, 3.05) is 55.9 Å². The molecule has 25 nitrogen and oxygen atoms in total. The number of carboxylic acid groups (broad SMARTS) is 1. The van der Waals surface area contributed by atoms with Crippen LogP contribution in [0.4, 0.5) is 26.3 Å². The molecule has 2 heterocycles. The maximum atomic E-state index is 13.0. The molecule has 500 valence electrons. The number of carboxylic acids is 1. The second-order valence-corrected chi connectivity index (χ2v) is 23.2. The van der Waals surface area contributed by atoms with Gasteiger partial charge in [-0.3, -0.25) is 28.8 Å². The molecule has 35 heteroatoms. The summed E-state index contributed by atoms with van der Waals surface area (Å²) in [7, 11) is 0. The Hall–Kier alpha value is -4.34. The summed E-state index contributed by atoms with van der Waals surface area (Å²) in [6.45, 7) is 0.602. The topological polar surface area (TPSA) is 408 Å². The van der Waals surface area contributed by atoms with E-state index in [1.165, 1.54) is 47.8 Å². The van der Waals surface area contributed by atoms with Crippen LogP contribution in [0.5, 0.6) is 0 Å². The van der Waals surface area contributed by atoms with Crippen molar-refractivity contribution in [2.45, 2.75) is 137 Å². The summed E-state index contributed by atoms with van der Waals surface area (Å²) in [5.41, 5.74) is -1.76. The van der Waals surface area contributed by atoms with Gasteiger partial charge in [-0.15, -0.1) is 0 Å². The Balaban J connectivity index is 0.00000961. The van der Waals surface area contributed by atoms with Crippen LogP contribution in [-0.2, 0) is 50.5 Å². The van der Waals surface area contributed by atoms with Crippen molar-refractivity contribution in [3.63, 3.8) is 0 Å². The number of nitrogens with one attached hydrogen (secondary N) is 5. The van der Waals surface area contributed by atoms with Gasteiger partial charge in [-0.25, -0.2) is 6.29 Å². The average molecular weight is 1370 g/mol. The van der Waals surface area contributed by atoms with Crippen molar-refractivity contribution in [2.24, 2.45) is 0 Å². The first kappa shape index (κ1) is 83.7. The van der Waals surface area contributed by atoms with Crippen molar-refractivity contribution in [1.29, 1.82) is 0 Å². The van der Waals surface area contributed by atoms with Crippen LogP contribution >= 0.6 is 23.5 Å². The molecule has 92 heavy (non-hydrogen) atoms. The Bertz CT molecular complexity index is 2880. The van der Waals surface area contributed by atoms with Crippen molar-refractivity contribution in [1.82, 2.24) is 26.6 Å². The Labute approximate surface area is 576 Å². The molecule has 0 aliphatic carbocycles. The van der Waals surface area contributed by atoms with Crippen molar-refractivity contribution in [3.05, 3.63) is 106 Å². The SMILES string of the molecule is CC(=O)N[C@H]1[C@H]([C@H](O)[C@H](O)CNC(=O)c2ccc(C(F)(F)F)cc2)O[C@]([C-]=O)(OCCCSCCNC(=O)c2ccc(C(=O)CCCSCCCO[C@]3(C(=O)[O-])C[C@H](O)[C@@H](NC(C)=O)[C@H]([C@H](O)[C@H](O)CNC(=O)c4ccc(C(F)(F)F)cc4)O3)cc2)C[C@@H]1O.[Na+].[Na+].[OH-]. The summed E-state index contributed by atoms with van der Waals surface area (Å²) in [6, 6.07) is 9.47. The van der Waals surface area contributed by atoms with E-state index >= 15 is 0 Å². The molecule has 2 fully saturated rings. The van der Waals surface area contributed by atoms with Crippen LogP contribution in [0.1, 0.15) is 105 Å². The third-order valence-corrected chi connectivity index (χ3v) is 16.2. The van der Waals surface area contributed by atoms with Crippen LogP contribution in [0, 0.1) is 0 Å². The number of aliphatic carboxylic acids is 1. The summed E-state index contributed by atoms with van der Waals surface area (Å²) in [5, 5.41) is 90.3. The van der Waals surface area contributed by atoms with E-state index < -0.39 is 157 Å². The standard InChI is InChI=1S/C57H70F6N5O19S2.2Na.H2O/c1-31(70)67-44-40(73)26-54(30-69,86-48(44)46(77)42(75)28-65-51(80)35-11-15-37(16-12-35)56(58,59)60)84-20-4-24-89-25-19-64-50(79)34-9-7-33(8-10-34)39(72)6-3-22-88-23-5-21-85-55(53(82)83)27-41(74)45(68-32(2)71)49(87-55)47(78)43(76)29-66-52(81)36-13-17-38(18-14-36)57(61,62)63;;;/h7-18,40-49,73-78H,3-6,19-29H2,1-2H3,(H,64,79)(H,65,80)(H,66,81)(H,67,70)(H,68,71)(H,82,83);;;1H2/q-1;2*+1;/p-2/t40-,41-,42+,43+,44+,45+,46+,47+,48+,49+,54+,55+;;;/m0.../s1. The van der Waals surface area contributed by atoms with Gasteiger partial charge < -0.3 is 96.3 Å². The molecule has 5 amide bonds. The average Bonchev–Trinajstić information content (AvgIpc) is 0.810. The molecule has 3 aromatic rings. The van der Waals surface area contributed by atoms with Crippen LogP contribution in [0.25, 0.3) is 0 Å². The van der Waals surface area contributed by atoms with Crippen molar-refractivity contribution < 1.29 is 184 Å². The fourth-order valence-electron chi connectivity index (χ4n) is 9.31. The van der Waals surface area contributed by atoms with Crippen LogP contribution < -0.4 is 90.8 Å². The number of halogens is 6. The number of alkyl halides is 6. The number of ketones is 1. The first-order chi connectivity index (χ1) is 41.9. The monoisotopic (exact) mass is 1370 g/mol. The Morgan fingerprint density at radius 1 is 0.609 bits per heavy atom. The maximum Gasteiger partial charge on any atom is 1.00 e. The Morgan fingerprint density at radius 3 is 1.43 bits per heavy atom. The van der Waals surface area contributed by atoms with E-state index in [-0.39, 0.29) is 120 Å². The first-order valence-electron chi connectivity index (χ1n) is 27.8. The number of ether oxygens (including phenoxy) is 4. The molecule has 12 atom stereocenters. The number of carbonyl (C=O) groups is 7. The fraction of sp³-hybridized carbons (Fsp3) is 0.544. The molecule has 0 spiro atoms. The number of hydrogen-bond acceptors (Lipinski definition) is 22. The number of rotatable bonds is 33. The van der Waals surface area contributed by atoms with E-state index in [9.17, 15) is 100 Å². The minimum absolute atomic E-state index is 0. The van der Waals surface area contributed by atoms with E-state index in [1.807, 2.05) is 0 Å². The quantitative estimate of drug-likeness (QED) is 0.00890. The predicted octanol–water partition coefficient (Wildman–Crippen LogP) is -5.61. The number of aliphatic hydroxyl groups excluding tert-OH is 6. The smallest absolute Gasteiger partial charge is 0.870 e. The minimum atomic E-state index is -4.66. The molecular weight excluding hydrogens is 1300 g/mol. The normalized spacial score (nSPS) is 22.6. The van der Waals surface area contributed by atoms with Gasteiger partial charge in [0.05, 0.1) is 60.0 Å². The molecule has 3 aromatic carbocycles. The van der Waals surface area contributed by atoms with Gasteiger partial charge >= 0.3 is 71.5 Å². The van der Waals surface area contributed by atoms with Crippen molar-refractivity contribution in [3.8, 4) is 0 Å². The van der Waals surface area contributed by atoms with Gasteiger partial charge in [0.15, 0.2) is 5.78 Å². The molecule has 0 aromatic heterocycles. The van der Waals surface area contributed by atoms with Crippen LogP contribution in [-0.4, -0.2) is 212 Å². The summed E-state index contributed by atoms with van der Waals surface area (Å²) in [4.78, 5) is 99.8. The van der Waals surface area contributed by atoms with E-state index in [1.54, 1.807) is 6.29 Å². The number of benzene rings is 3. The van der Waals surface area contributed by atoms with Gasteiger partial charge in [-0.1, -0.05) is 12.1 Å². The van der Waals surface area contributed by atoms with Gasteiger partial charge in [0.1, 0.15) is 30.4 Å². The minimum Gasteiger partial charge on any atom is -0.870 e. The van der Waals surface area contributed by atoms with Crippen LogP contribution in [0.15, 0.2) is 72.8 Å². The number of hydrogen-bond donors (Lipinski definition) is 11. The number of aliphatic hydroxyl groups is 6. The van der Waals surface area contributed by atoms with E-state index in [0.29, 0.717) is 65.7 Å². The zero-order valence-electron chi connectivity index (χ0n) is 50.3. The summed E-state index contributed by atoms with van der Waals surface area (Å²) < 4.78 is 100. The molecule has 12 N–H and O–H groups in total. The maximum absolute atomic E-state index is 13.0. The fourth-order valence-corrected chi connectivity index (χ4v) is 11.0. The second-order valence-electron chi connectivity index (χ2n) is 20.7. The number of amides is 5. The number of thioether (sulfide) groups is 2. The number of Topliss-reactive ketones (excluding diaryl/α,β-unsaturated/α-hetero) is 1. The Morgan fingerprint density at radius 2 is 1.00 bits per heavy atom. The van der Waals surface area contributed by atoms with Gasteiger partial charge in [-0.05, 0) is 97.2 Å². The molecule has 5 rings (SSSR count). The molecule has 0 saturated carbocycles. The molecule has 0 bridgehead atoms. The summed E-state index contributed by atoms with van der Waals surface area (Å²) in [6.07, 6.45) is -22.6. The molecule has 2 saturated heterocycles. The molecule has 2 aliphatic rings. The largest absolute Gasteiger partial charge is 1.00 e. The van der Waals surface area contributed by atoms with Crippen molar-refractivity contribution >= 4 is 71.1 Å². The predicted molar refractivity (Wildman–Crippen MR) is 304 cm³/mol. The van der Waals surface area contributed by atoms with E-state index in [0.717, 1.165) is 38.1 Å². The third-order valence-electron chi connectivity index (χ3n) is 13.9. The Kier molecular flexibility index (Phi) is 35.5. The second kappa shape index (κ2) is 39.0. The third kappa shape index (κ3) is 25.0. The zero-order chi connectivity index (χ0) is 65.9. The van der Waals surface area contributed by atoms with Gasteiger partial charge in [0, 0.05) is 87.4 Å². The molecule has 2 aliphatic heterocycles. The van der Waals surface area contributed by atoms with Crippen LogP contribution in [0.3, 0.4) is 0 Å². The van der Waals surface area contributed by atoms with Gasteiger partial charge in [0.2, 0.25) is 17.6 Å². The van der Waals surface area contributed by atoms with Crippen LogP contribution in [0.2, 0.25) is 0 Å². The first-order valence-corrected chi connectivity index (χ1v) is 30.1. The molecular formula is C57H70F6N5Na2O20S2-. The van der Waals surface area contributed by atoms with E-state index in [2.05, 4.69) is 26.6 Å². The summed E-state index contributed by atoms with van der Waals surface area (Å²) >= 11 is 2.82. The number of carbonyl (C=O) groups excluding carboxylic acids is 8. The molecule has 0 radical (unpaired) electrons. The van der Waals surface area contributed by atoms with Gasteiger partial charge in [-0.2, -0.15) is 49.9 Å². The molecule has 0 unspecified atom stereocenters. The van der Waals surface area contributed by atoms with E-state index in [4.69, 9.17) is 18.9 Å². The summed E-state index contributed by atoms with van der Waals surface area (Å²) in [5.74, 6) is -8.91.